The van der Waals surface area contributed by atoms with Gasteiger partial charge in [-0.15, -0.1) is 0 Å². The molecule has 0 N–H and O–H groups in total. The number of rotatable bonds is 9. The molecule has 0 saturated heterocycles. The molecule has 8 rings (SSSR count). The minimum atomic E-state index is 1.04. The molecule has 2 heteroatoms. The first kappa shape index (κ1) is 34.7. The van der Waals surface area contributed by atoms with Crippen LogP contribution in [-0.4, -0.2) is 0 Å². The number of aryl methyl sites for hydroxylation is 10. The lowest BCUT2D eigenvalue weighted by Crippen LogP contribution is -2.40. The van der Waals surface area contributed by atoms with Gasteiger partial charge in [-0.05, 0) is 157 Å². The molecule has 0 radical (unpaired) electrons. The Morgan fingerprint density at radius 3 is 1.85 bits per heavy atom. The summed E-state index contributed by atoms with van der Waals surface area (Å²) >= 11 is 0. The highest BCUT2D eigenvalue weighted by Crippen LogP contribution is 2.37. The van der Waals surface area contributed by atoms with Gasteiger partial charge in [0.05, 0.1) is 10.9 Å². The molecule has 0 bridgehead atoms. The van der Waals surface area contributed by atoms with E-state index in [1.807, 2.05) is 0 Å². The smallest absolute Gasteiger partial charge is 0.201 e. The summed E-state index contributed by atoms with van der Waals surface area (Å²) in [5.41, 5.74) is 21.9. The molecule has 2 nitrogen and oxygen atoms in total. The fraction of sp³-hybridized carbons (Fsp3) is 0.255. The molecule has 7 aromatic rings. The van der Waals surface area contributed by atoms with Crippen molar-refractivity contribution in [3.63, 3.8) is 0 Å². The summed E-state index contributed by atoms with van der Waals surface area (Å²) in [7, 11) is 2.13. The van der Waals surface area contributed by atoms with Gasteiger partial charge >= 0.3 is 0 Å². The normalized spacial score (nSPS) is 12.2. The molecule has 53 heavy (non-hydrogen) atoms. The summed E-state index contributed by atoms with van der Waals surface area (Å²) in [4.78, 5) is 0. The zero-order valence-corrected chi connectivity index (χ0v) is 32.4. The lowest BCUT2D eigenvalue weighted by atomic mass is 9.88. The molecular weight excluding hydrogens is 641 g/mol. The van der Waals surface area contributed by atoms with E-state index in [0.29, 0.717) is 0 Å². The topological polar surface area (TPSA) is 7.76 Å². The maximum atomic E-state index is 2.46. The molecule has 0 aliphatic carbocycles. The van der Waals surface area contributed by atoms with Crippen molar-refractivity contribution in [3.8, 4) is 44.8 Å². The van der Waals surface area contributed by atoms with E-state index in [2.05, 4.69) is 172 Å². The van der Waals surface area contributed by atoms with Crippen LogP contribution in [-0.2, 0) is 32.9 Å². The maximum absolute atomic E-state index is 2.46. The Hall–Kier alpha value is -5.34. The largest absolute Gasteiger partial charge is 0.220 e. The highest BCUT2D eigenvalue weighted by molar-refractivity contribution is 5.94. The monoisotopic (exact) mass is 692 g/mol. The molecule has 264 valence electrons. The first-order chi connectivity index (χ1) is 25.7. The van der Waals surface area contributed by atoms with E-state index in [1.54, 1.807) is 0 Å². The molecule has 3 heterocycles. The quantitative estimate of drug-likeness (QED) is 0.105. The molecule has 0 atom stereocenters. The van der Waals surface area contributed by atoms with Gasteiger partial charge in [0, 0.05) is 30.2 Å². The average Bonchev–Trinajstić information content (AvgIpc) is 3.17. The number of pyridine rings is 2. The van der Waals surface area contributed by atoms with Crippen molar-refractivity contribution < 1.29 is 9.13 Å². The van der Waals surface area contributed by atoms with Crippen LogP contribution in [0.1, 0.15) is 63.8 Å². The second kappa shape index (κ2) is 14.6. The van der Waals surface area contributed by atoms with Gasteiger partial charge in [0.1, 0.15) is 7.05 Å². The highest BCUT2D eigenvalue weighted by atomic mass is 15.0. The third kappa shape index (κ3) is 6.84. The van der Waals surface area contributed by atoms with E-state index in [9.17, 15) is 0 Å². The Morgan fingerprint density at radius 1 is 0.509 bits per heavy atom. The molecule has 5 aromatic carbocycles. The molecule has 0 unspecified atom stereocenters. The number of hydrogen-bond acceptors (Lipinski definition) is 0. The van der Waals surface area contributed by atoms with Crippen molar-refractivity contribution in [3.05, 3.63) is 166 Å². The third-order valence-corrected chi connectivity index (χ3v) is 11.9. The zero-order valence-electron chi connectivity index (χ0n) is 32.4. The van der Waals surface area contributed by atoms with Crippen molar-refractivity contribution >= 4 is 10.8 Å². The summed E-state index contributed by atoms with van der Waals surface area (Å²) in [6, 6.07) is 41.4. The summed E-state index contributed by atoms with van der Waals surface area (Å²) in [5.74, 6) is 0. The summed E-state index contributed by atoms with van der Waals surface area (Å²) in [5, 5.41) is 2.65. The Labute approximate surface area is 316 Å². The zero-order chi connectivity index (χ0) is 36.6. The van der Waals surface area contributed by atoms with Crippen LogP contribution in [0.4, 0.5) is 0 Å². The second-order valence-corrected chi connectivity index (χ2v) is 15.5. The van der Waals surface area contributed by atoms with Gasteiger partial charge in [-0.2, -0.15) is 4.57 Å². The molecule has 0 fully saturated rings. The van der Waals surface area contributed by atoms with Crippen molar-refractivity contribution in [1.29, 1.82) is 0 Å². The van der Waals surface area contributed by atoms with Gasteiger partial charge in [0.25, 0.3) is 0 Å². The molecule has 0 amide bonds. The van der Waals surface area contributed by atoms with Crippen LogP contribution in [0.25, 0.3) is 55.5 Å². The lowest BCUT2D eigenvalue weighted by Gasteiger charge is -2.19. The van der Waals surface area contributed by atoms with Gasteiger partial charge in [0.15, 0.2) is 18.9 Å². The van der Waals surface area contributed by atoms with E-state index in [-0.39, 0.29) is 0 Å². The number of unbranched alkanes of at least 4 members (excludes halogenated alkanes) is 2. The van der Waals surface area contributed by atoms with Crippen LogP contribution in [0.5, 0.6) is 0 Å². The summed E-state index contributed by atoms with van der Waals surface area (Å²) in [6.45, 7) is 12.4. The van der Waals surface area contributed by atoms with Crippen molar-refractivity contribution in [2.24, 2.45) is 7.05 Å². The van der Waals surface area contributed by atoms with Crippen molar-refractivity contribution in [2.45, 2.75) is 79.7 Å². The predicted molar refractivity (Wildman–Crippen MR) is 222 cm³/mol. The fourth-order valence-electron chi connectivity index (χ4n) is 8.76. The van der Waals surface area contributed by atoms with E-state index in [1.165, 1.54) is 119 Å². The predicted octanol–water partition coefficient (Wildman–Crippen LogP) is 11.7. The van der Waals surface area contributed by atoms with Crippen LogP contribution in [0.2, 0.25) is 0 Å². The van der Waals surface area contributed by atoms with Gasteiger partial charge in [0.2, 0.25) is 11.4 Å². The highest BCUT2D eigenvalue weighted by Gasteiger charge is 2.26. The second-order valence-electron chi connectivity index (χ2n) is 15.5. The average molecular weight is 693 g/mol. The van der Waals surface area contributed by atoms with Crippen LogP contribution in [0, 0.1) is 34.6 Å². The number of fused-ring (bicyclic) bond motifs is 5. The molecular formula is C51H52N2+2. The molecule has 2 aromatic heterocycles. The fourth-order valence-corrected chi connectivity index (χ4v) is 8.76. The third-order valence-electron chi connectivity index (χ3n) is 11.9. The van der Waals surface area contributed by atoms with Crippen LogP contribution in [0.3, 0.4) is 0 Å². The van der Waals surface area contributed by atoms with Gasteiger partial charge < -0.3 is 0 Å². The number of aromatic nitrogens is 2. The summed E-state index contributed by atoms with van der Waals surface area (Å²) < 4.78 is 4.65. The Balaban J connectivity index is 0.928. The molecule has 0 spiro atoms. The van der Waals surface area contributed by atoms with Crippen LogP contribution in [0.15, 0.2) is 122 Å². The molecule has 1 aliphatic heterocycles. The Morgan fingerprint density at radius 2 is 1.15 bits per heavy atom. The Kier molecular flexibility index (Phi) is 9.56. The SMILES string of the molecule is Cc1cc(-c2ccc(C)c(-c3cccc[n+]3C)c2)c(C)cc1CCCCCc1cc(C)c(-c2ccc3c(c2)-c2c4ccccc4cc[n+]2CC3)cc1C. The number of hydrogen-bond donors (Lipinski definition) is 0. The van der Waals surface area contributed by atoms with Gasteiger partial charge in [-0.3, -0.25) is 0 Å². The Bertz CT molecular complexity index is 2500. The van der Waals surface area contributed by atoms with Crippen LogP contribution >= 0.6 is 0 Å². The standard InChI is InChI=1S/C51H52N2/c1-34-19-20-43(32-48(34)50-18-12-13-25-52(50)6)46-30-35(2)41(28-37(46)4)15-8-7-9-16-42-29-38(5)47(31-36(42)3)44-22-21-40-24-27-53-26-23-39-14-10-11-17-45(39)51(53)49(40)33-44/h10-14,17-23,25-26,28-33H,7-9,15-16,24,27H2,1-6H3/q+2. The van der Waals surface area contributed by atoms with Gasteiger partial charge in [-0.25, -0.2) is 4.57 Å². The van der Waals surface area contributed by atoms with Crippen molar-refractivity contribution in [2.75, 3.05) is 0 Å². The number of nitrogens with zero attached hydrogens (tertiary/aromatic N) is 2. The van der Waals surface area contributed by atoms with E-state index in [0.717, 1.165) is 25.8 Å². The van der Waals surface area contributed by atoms with Crippen LogP contribution < -0.4 is 9.13 Å². The molecule has 1 aliphatic rings. The minimum Gasteiger partial charge on any atom is -0.201 e. The summed E-state index contributed by atoms with van der Waals surface area (Å²) in [6.07, 6.45) is 11.4. The lowest BCUT2D eigenvalue weighted by molar-refractivity contribution is -0.686. The van der Waals surface area contributed by atoms with E-state index >= 15 is 0 Å². The molecule has 0 saturated carbocycles. The minimum absolute atomic E-state index is 1.04. The first-order valence-corrected chi connectivity index (χ1v) is 19.6. The van der Waals surface area contributed by atoms with Crippen molar-refractivity contribution in [1.82, 2.24) is 0 Å². The number of benzene rings is 5. The van der Waals surface area contributed by atoms with E-state index < -0.39 is 0 Å². The van der Waals surface area contributed by atoms with Gasteiger partial charge in [-0.1, -0.05) is 73.2 Å². The van der Waals surface area contributed by atoms with E-state index in [4.69, 9.17) is 0 Å². The first-order valence-electron chi connectivity index (χ1n) is 19.6. The maximum Gasteiger partial charge on any atom is 0.220 e.